The lowest BCUT2D eigenvalue weighted by atomic mass is 10.0. The molecule has 0 bridgehead atoms. The molecule has 1 saturated heterocycles. The molecule has 2 aromatic carbocycles. The molecular weight excluding hydrogens is 637 g/mol. The van der Waals surface area contributed by atoms with Gasteiger partial charge in [0.2, 0.25) is 5.91 Å². The Morgan fingerprint density at radius 1 is 1.09 bits per heavy atom. The normalized spacial score (nSPS) is 16.2. The fourth-order valence-electron chi connectivity index (χ4n) is 5.91. The molecule has 1 unspecified atom stereocenters. The number of hydrogen-bond donors (Lipinski definition) is 1. The smallest absolute Gasteiger partial charge is 0.331 e. The second-order valence-corrected chi connectivity index (χ2v) is 11.9. The van der Waals surface area contributed by atoms with Crippen LogP contribution in [0.4, 0.5) is 14.9 Å². The predicted octanol–water partition coefficient (Wildman–Crippen LogP) is 3.88. The van der Waals surface area contributed by atoms with Crippen molar-refractivity contribution in [2.24, 2.45) is 0 Å². The highest BCUT2D eigenvalue weighted by Gasteiger charge is 2.32. The fourth-order valence-corrected chi connectivity index (χ4v) is 6.28. The van der Waals surface area contributed by atoms with E-state index in [9.17, 15) is 19.2 Å². The summed E-state index contributed by atoms with van der Waals surface area (Å²) >= 11 is 3.15. The maximum atomic E-state index is 15.1. The van der Waals surface area contributed by atoms with E-state index in [2.05, 4.69) is 21.2 Å². The molecule has 1 N–H and O–H groups in total. The van der Waals surface area contributed by atoms with Crippen LogP contribution in [-0.4, -0.2) is 77.4 Å². The molecule has 13 heteroatoms. The summed E-state index contributed by atoms with van der Waals surface area (Å²) in [6.07, 6.45) is 3.08. The van der Waals surface area contributed by atoms with Crippen LogP contribution in [0.3, 0.4) is 0 Å². The largest absolute Gasteiger partial charge is 0.497 e. The van der Waals surface area contributed by atoms with Crippen LogP contribution in [0.5, 0.6) is 5.75 Å². The van der Waals surface area contributed by atoms with Gasteiger partial charge in [-0.15, -0.1) is 0 Å². The third-order valence-electron chi connectivity index (χ3n) is 8.28. The van der Waals surface area contributed by atoms with Gasteiger partial charge in [-0.3, -0.25) is 18.7 Å². The van der Waals surface area contributed by atoms with E-state index in [1.54, 1.807) is 25.0 Å². The van der Waals surface area contributed by atoms with E-state index in [1.165, 1.54) is 25.4 Å². The predicted molar refractivity (Wildman–Crippen MR) is 167 cm³/mol. The quantitative estimate of drug-likeness (QED) is 0.389. The van der Waals surface area contributed by atoms with Gasteiger partial charge in [0.15, 0.2) is 0 Å². The number of urea groups is 1. The molecule has 1 atom stereocenters. The first-order valence-corrected chi connectivity index (χ1v) is 15.2. The van der Waals surface area contributed by atoms with E-state index in [4.69, 9.17) is 9.47 Å². The number of piperidine rings is 1. The van der Waals surface area contributed by atoms with Gasteiger partial charge in [-0.2, -0.15) is 0 Å². The van der Waals surface area contributed by atoms with Crippen molar-refractivity contribution in [1.82, 2.24) is 18.9 Å². The molecular formula is C31H35BrFN5O6. The first kappa shape index (κ1) is 31.5. The fraction of sp³-hybridized carbons (Fsp3) is 0.419. The van der Waals surface area contributed by atoms with Crippen molar-refractivity contribution < 1.29 is 23.5 Å². The van der Waals surface area contributed by atoms with Gasteiger partial charge in [-0.25, -0.2) is 14.0 Å². The number of methoxy groups -OCH3 is 2. The number of halogens is 2. The number of carbonyl (C=O) groups is 2. The Balaban J connectivity index is 1.32. The summed E-state index contributed by atoms with van der Waals surface area (Å²) in [7, 11) is 3.06. The lowest BCUT2D eigenvalue weighted by molar-refractivity contribution is -0.133. The van der Waals surface area contributed by atoms with E-state index < -0.39 is 23.1 Å². The van der Waals surface area contributed by atoms with Gasteiger partial charge in [0.05, 0.1) is 29.8 Å². The van der Waals surface area contributed by atoms with Crippen LogP contribution >= 0.6 is 15.9 Å². The van der Waals surface area contributed by atoms with Crippen molar-refractivity contribution in [2.45, 2.75) is 44.8 Å². The number of carbonyl (C=O) groups excluding carboxylic acids is 2. The van der Waals surface area contributed by atoms with Gasteiger partial charge in [0.25, 0.3) is 5.56 Å². The van der Waals surface area contributed by atoms with Crippen molar-refractivity contribution in [1.29, 1.82) is 0 Å². The van der Waals surface area contributed by atoms with E-state index in [0.29, 0.717) is 38.9 Å². The molecule has 3 amide bonds. The monoisotopic (exact) mass is 671 g/mol. The molecule has 1 fully saturated rings. The number of hydrogen-bond acceptors (Lipinski definition) is 6. The lowest BCUT2D eigenvalue weighted by Crippen LogP contribution is -2.51. The van der Waals surface area contributed by atoms with E-state index >= 15 is 4.39 Å². The summed E-state index contributed by atoms with van der Waals surface area (Å²) in [4.78, 5) is 56.9. The van der Waals surface area contributed by atoms with Crippen molar-refractivity contribution in [3.8, 4) is 16.9 Å². The second kappa shape index (κ2) is 13.3. The Bertz CT molecular complexity index is 1680. The van der Waals surface area contributed by atoms with Crippen LogP contribution in [0.1, 0.15) is 31.4 Å². The van der Waals surface area contributed by atoms with Crippen molar-refractivity contribution >= 4 is 33.6 Å². The van der Waals surface area contributed by atoms with Crippen LogP contribution in [0.25, 0.3) is 11.1 Å². The number of fused-ring (bicyclic) bond motifs is 1. The second-order valence-electron chi connectivity index (χ2n) is 11.0. The van der Waals surface area contributed by atoms with E-state index in [0.717, 1.165) is 26.1 Å². The molecule has 0 aliphatic carbocycles. The van der Waals surface area contributed by atoms with Gasteiger partial charge in [-0.05, 0) is 71.9 Å². The number of amides is 3. The zero-order chi connectivity index (χ0) is 31.5. The highest BCUT2D eigenvalue weighted by Crippen LogP contribution is 2.28. The van der Waals surface area contributed by atoms with Crippen molar-refractivity contribution in [2.75, 3.05) is 45.8 Å². The lowest BCUT2D eigenvalue weighted by Gasteiger charge is -2.38. The number of nitrogens with one attached hydrogen (secondary N) is 1. The van der Waals surface area contributed by atoms with Gasteiger partial charge in [0.1, 0.15) is 18.1 Å². The number of rotatable bonds is 8. The molecule has 3 heterocycles. The number of benzene rings is 2. The molecule has 11 nitrogen and oxygen atoms in total. The zero-order valence-corrected chi connectivity index (χ0v) is 26.4. The van der Waals surface area contributed by atoms with Crippen molar-refractivity contribution in [3.63, 3.8) is 0 Å². The van der Waals surface area contributed by atoms with Crippen LogP contribution < -0.4 is 21.3 Å². The average molecular weight is 673 g/mol. The number of aromatic nitrogens is 2. The minimum atomic E-state index is -0.681. The molecule has 5 rings (SSSR count). The molecule has 0 radical (unpaired) electrons. The Morgan fingerprint density at radius 2 is 1.84 bits per heavy atom. The van der Waals surface area contributed by atoms with Crippen LogP contribution in [0.2, 0.25) is 0 Å². The summed E-state index contributed by atoms with van der Waals surface area (Å²) in [5, 5.41) is 2.99. The zero-order valence-electron chi connectivity index (χ0n) is 24.8. The number of anilines is 1. The third-order valence-corrected chi connectivity index (χ3v) is 8.89. The standard InChI is InChI=1S/C31H35BrFN5O6/c1-19(18-43-2)38-29(40)24(23-5-4-6-25(32)28(23)33)16-36(31(38)42)17-27(39)35-12-10-21(11-13-35)37-14-9-20-15-22(44-3)7-8-26(20)34-30(37)41/h4-8,15-16,19,21H,9-14,17-18H2,1-3H3,(H,34,41). The molecule has 0 saturated carbocycles. The molecule has 1 aromatic heterocycles. The highest BCUT2D eigenvalue weighted by molar-refractivity contribution is 9.10. The number of likely N-dealkylation sites (tertiary alicyclic amines) is 1. The minimum Gasteiger partial charge on any atom is -0.497 e. The van der Waals surface area contributed by atoms with Crippen molar-refractivity contribution in [3.05, 3.63) is 79.3 Å². The Kier molecular flexibility index (Phi) is 9.54. The van der Waals surface area contributed by atoms with Crippen LogP contribution in [0, 0.1) is 5.82 Å². The summed E-state index contributed by atoms with van der Waals surface area (Å²) in [5.41, 5.74) is 0.391. The SMILES string of the molecule is COCC(C)n1c(=O)c(-c2cccc(Br)c2F)cn(CC(=O)N2CCC(N3CCc4cc(OC)ccc4NC3=O)CC2)c1=O. The third kappa shape index (κ3) is 6.29. The van der Waals surface area contributed by atoms with Gasteiger partial charge in [0, 0.05) is 50.2 Å². The molecule has 2 aliphatic rings. The molecule has 44 heavy (non-hydrogen) atoms. The van der Waals surface area contributed by atoms with Gasteiger partial charge in [-0.1, -0.05) is 12.1 Å². The topological polar surface area (TPSA) is 115 Å². The Hall–Kier alpha value is -3.97. The maximum Gasteiger partial charge on any atom is 0.331 e. The molecule has 2 aliphatic heterocycles. The Labute approximate surface area is 262 Å². The van der Waals surface area contributed by atoms with E-state index in [-0.39, 0.29) is 46.7 Å². The Morgan fingerprint density at radius 3 is 2.55 bits per heavy atom. The first-order chi connectivity index (χ1) is 21.1. The summed E-state index contributed by atoms with van der Waals surface area (Å²) < 4.78 is 27.9. The highest BCUT2D eigenvalue weighted by atomic mass is 79.9. The van der Waals surface area contributed by atoms with Crippen LogP contribution in [0.15, 0.2) is 56.7 Å². The molecule has 234 valence electrons. The van der Waals surface area contributed by atoms with E-state index in [1.807, 2.05) is 23.1 Å². The van der Waals surface area contributed by atoms with Crippen LogP contribution in [-0.2, 0) is 22.5 Å². The van der Waals surface area contributed by atoms with Gasteiger partial charge >= 0.3 is 11.7 Å². The molecule has 0 spiro atoms. The van der Waals surface area contributed by atoms with Gasteiger partial charge < -0.3 is 24.6 Å². The average Bonchev–Trinajstić information content (AvgIpc) is 3.17. The summed E-state index contributed by atoms with van der Waals surface area (Å²) in [6, 6.07) is 9.26. The number of ether oxygens (including phenoxy) is 2. The number of nitrogens with zero attached hydrogens (tertiary/aromatic N) is 4. The summed E-state index contributed by atoms with van der Waals surface area (Å²) in [5.74, 6) is -0.223. The minimum absolute atomic E-state index is 0.0149. The first-order valence-electron chi connectivity index (χ1n) is 14.4. The maximum absolute atomic E-state index is 15.1. The molecule has 3 aromatic rings. The summed E-state index contributed by atoms with van der Waals surface area (Å²) in [6.45, 7) is 2.73.